The number of hydrogen-bond acceptors (Lipinski definition) is 2. The first-order valence-corrected chi connectivity index (χ1v) is 7.25. The Morgan fingerprint density at radius 1 is 1.25 bits per heavy atom. The molecule has 2 heteroatoms. The average molecular weight is 235 g/mol. The minimum absolute atomic E-state index is 0.714. The van der Waals surface area contributed by atoms with Crippen molar-refractivity contribution < 1.29 is 0 Å². The minimum atomic E-state index is 0.714. The van der Waals surface area contributed by atoms with Gasteiger partial charge in [0.25, 0.3) is 0 Å². The van der Waals surface area contributed by atoms with Crippen LogP contribution < -0.4 is 5.32 Å². The van der Waals surface area contributed by atoms with E-state index in [-0.39, 0.29) is 0 Å². The summed E-state index contributed by atoms with van der Waals surface area (Å²) in [5, 5.41) is 4.48. The van der Waals surface area contributed by atoms with Crippen LogP contribution in [-0.4, -0.2) is 17.0 Å². The molecule has 2 unspecified atom stereocenters. The van der Waals surface area contributed by atoms with Gasteiger partial charge in [-0.15, -0.1) is 0 Å². The molecule has 16 heavy (non-hydrogen) atoms. The minimum Gasteiger partial charge on any atom is -0.309 e. The van der Waals surface area contributed by atoms with E-state index in [4.69, 9.17) is 0 Å². The zero-order chi connectivity index (χ0) is 11.4. The highest BCUT2D eigenvalue weighted by Crippen LogP contribution is 2.26. The lowest BCUT2D eigenvalue weighted by Crippen LogP contribution is -2.28. The van der Waals surface area contributed by atoms with Crippen LogP contribution in [0.1, 0.15) is 31.4 Å². The van der Waals surface area contributed by atoms with Gasteiger partial charge in [0, 0.05) is 23.6 Å². The van der Waals surface area contributed by atoms with Crippen molar-refractivity contribution in [3.8, 4) is 0 Å². The molecule has 1 saturated heterocycles. The molecular formula is C14H21NS. The molecule has 2 atom stereocenters. The van der Waals surface area contributed by atoms with Gasteiger partial charge < -0.3 is 5.32 Å². The Morgan fingerprint density at radius 3 is 2.50 bits per heavy atom. The Kier molecular flexibility index (Phi) is 4.30. The van der Waals surface area contributed by atoms with Crippen LogP contribution in [0.15, 0.2) is 24.3 Å². The zero-order valence-electron chi connectivity index (χ0n) is 10.2. The molecule has 0 aliphatic carbocycles. The number of hydrogen-bond donors (Lipinski definition) is 1. The highest BCUT2D eigenvalue weighted by Gasteiger charge is 2.20. The monoisotopic (exact) mass is 235 g/mol. The number of aryl methyl sites for hydroxylation is 1. The van der Waals surface area contributed by atoms with Crippen LogP contribution in [0.4, 0.5) is 0 Å². The van der Waals surface area contributed by atoms with Gasteiger partial charge in [0.2, 0.25) is 0 Å². The van der Waals surface area contributed by atoms with Crippen LogP contribution in [0, 0.1) is 0 Å². The smallest absolute Gasteiger partial charge is 0.0208 e. The van der Waals surface area contributed by atoms with E-state index in [1.54, 1.807) is 0 Å². The molecule has 0 amide bonds. The van der Waals surface area contributed by atoms with Crippen LogP contribution in [0.3, 0.4) is 0 Å². The van der Waals surface area contributed by atoms with Crippen molar-refractivity contribution in [3.63, 3.8) is 0 Å². The van der Waals surface area contributed by atoms with Crippen molar-refractivity contribution in [2.24, 2.45) is 0 Å². The molecule has 0 bridgehead atoms. The quantitative estimate of drug-likeness (QED) is 0.860. The van der Waals surface area contributed by atoms with Crippen LogP contribution >= 0.6 is 11.8 Å². The fourth-order valence-corrected chi connectivity index (χ4v) is 3.30. The molecule has 0 aromatic heterocycles. The van der Waals surface area contributed by atoms with Crippen molar-refractivity contribution >= 4 is 11.8 Å². The summed E-state index contributed by atoms with van der Waals surface area (Å²) in [5.74, 6) is 1.27. The fourth-order valence-electron chi connectivity index (χ4n) is 2.11. The molecule has 1 aromatic carbocycles. The molecule has 2 rings (SSSR count). The Hall–Kier alpha value is -0.470. The van der Waals surface area contributed by atoms with E-state index in [2.05, 4.69) is 55.2 Å². The van der Waals surface area contributed by atoms with Crippen molar-refractivity contribution in [2.45, 2.75) is 44.5 Å². The van der Waals surface area contributed by atoms with Crippen molar-refractivity contribution in [1.29, 1.82) is 0 Å². The maximum absolute atomic E-state index is 3.64. The summed E-state index contributed by atoms with van der Waals surface area (Å²) in [7, 11) is 0. The van der Waals surface area contributed by atoms with Crippen LogP contribution in [0.5, 0.6) is 0 Å². The number of rotatable bonds is 4. The molecule has 1 N–H and O–H groups in total. The molecule has 1 aliphatic rings. The van der Waals surface area contributed by atoms with Gasteiger partial charge >= 0.3 is 0 Å². The maximum Gasteiger partial charge on any atom is 0.0208 e. The van der Waals surface area contributed by atoms with Crippen LogP contribution in [0.25, 0.3) is 0 Å². The molecule has 0 saturated carbocycles. The Labute approximate surface area is 103 Å². The Balaban J connectivity index is 1.80. The highest BCUT2D eigenvalue weighted by molar-refractivity contribution is 8.00. The van der Waals surface area contributed by atoms with Gasteiger partial charge in [0.15, 0.2) is 0 Å². The van der Waals surface area contributed by atoms with E-state index in [1.165, 1.54) is 23.3 Å². The summed E-state index contributed by atoms with van der Waals surface area (Å²) >= 11 is 2.08. The van der Waals surface area contributed by atoms with Gasteiger partial charge in [0.05, 0.1) is 0 Å². The molecule has 0 spiro atoms. The second-order valence-corrected chi connectivity index (χ2v) is 6.10. The second kappa shape index (κ2) is 5.74. The fraction of sp³-hybridized carbons (Fsp3) is 0.571. The Bertz CT molecular complexity index is 320. The van der Waals surface area contributed by atoms with Gasteiger partial charge in [-0.2, -0.15) is 11.8 Å². The van der Waals surface area contributed by atoms with Gasteiger partial charge in [0.1, 0.15) is 0 Å². The van der Waals surface area contributed by atoms with Gasteiger partial charge in [-0.25, -0.2) is 0 Å². The van der Waals surface area contributed by atoms with Crippen molar-refractivity contribution in [3.05, 3.63) is 35.4 Å². The van der Waals surface area contributed by atoms with E-state index >= 15 is 0 Å². The average Bonchev–Trinajstić information content (AvgIpc) is 2.73. The third-order valence-electron chi connectivity index (χ3n) is 3.22. The molecule has 1 nitrogen and oxygen atoms in total. The van der Waals surface area contributed by atoms with E-state index in [1.807, 2.05) is 0 Å². The van der Waals surface area contributed by atoms with Crippen LogP contribution in [-0.2, 0) is 13.0 Å². The normalized spacial score (nSPS) is 24.9. The summed E-state index contributed by atoms with van der Waals surface area (Å²) < 4.78 is 0. The summed E-state index contributed by atoms with van der Waals surface area (Å²) in [6, 6.07) is 9.69. The second-order valence-electron chi connectivity index (χ2n) is 4.63. The van der Waals surface area contributed by atoms with Gasteiger partial charge in [-0.1, -0.05) is 38.1 Å². The molecule has 1 aromatic rings. The summed E-state index contributed by atoms with van der Waals surface area (Å²) in [5.41, 5.74) is 2.83. The molecular weight excluding hydrogens is 214 g/mol. The van der Waals surface area contributed by atoms with E-state index < -0.39 is 0 Å². The maximum atomic E-state index is 3.64. The summed E-state index contributed by atoms with van der Waals surface area (Å²) in [4.78, 5) is 0. The van der Waals surface area contributed by atoms with Crippen LogP contribution in [0.2, 0.25) is 0 Å². The number of benzene rings is 1. The molecule has 1 heterocycles. The third-order valence-corrected chi connectivity index (χ3v) is 4.58. The lowest BCUT2D eigenvalue weighted by molar-refractivity contribution is 0.538. The zero-order valence-corrected chi connectivity index (χ0v) is 11.0. The lowest BCUT2D eigenvalue weighted by atomic mass is 10.1. The van der Waals surface area contributed by atoms with E-state index in [0.717, 1.165) is 18.2 Å². The molecule has 0 radical (unpaired) electrons. The number of thioether (sulfide) groups is 1. The first kappa shape index (κ1) is 12.0. The molecule has 88 valence electrons. The largest absolute Gasteiger partial charge is 0.309 e. The van der Waals surface area contributed by atoms with Gasteiger partial charge in [-0.3, -0.25) is 0 Å². The van der Waals surface area contributed by atoms with E-state index in [9.17, 15) is 0 Å². The predicted molar refractivity (Wildman–Crippen MR) is 73.0 cm³/mol. The number of nitrogens with one attached hydrogen (secondary N) is 1. The SMILES string of the molecule is CCc1ccc(CNC2CSC(C)C2)cc1. The van der Waals surface area contributed by atoms with Crippen molar-refractivity contribution in [2.75, 3.05) is 5.75 Å². The first-order chi connectivity index (χ1) is 7.78. The van der Waals surface area contributed by atoms with Crippen molar-refractivity contribution in [1.82, 2.24) is 5.32 Å². The summed E-state index contributed by atoms with van der Waals surface area (Å²) in [6.07, 6.45) is 2.45. The lowest BCUT2D eigenvalue weighted by Gasteiger charge is -2.11. The third kappa shape index (κ3) is 3.26. The van der Waals surface area contributed by atoms with E-state index in [0.29, 0.717) is 6.04 Å². The molecule has 1 aliphatic heterocycles. The topological polar surface area (TPSA) is 12.0 Å². The molecule has 1 fully saturated rings. The first-order valence-electron chi connectivity index (χ1n) is 6.20. The highest BCUT2D eigenvalue weighted by atomic mass is 32.2. The predicted octanol–water partition coefficient (Wildman–Crippen LogP) is 3.23. The standard InChI is InChI=1S/C14H21NS/c1-3-12-4-6-13(7-5-12)9-15-14-8-11(2)16-10-14/h4-7,11,14-15H,3,8-10H2,1-2H3. The summed E-state index contributed by atoms with van der Waals surface area (Å²) in [6.45, 7) is 5.54. The van der Waals surface area contributed by atoms with Gasteiger partial charge in [-0.05, 0) is 24.0 Å². The Morgan fingerprint density at radius 2 is 1.94 bits per heavy atom.